The lowest BCUT2D eigenvalue weighted by Crippen LogP contribution is -2.54. The summed E-state index contributed by atoms with van der Waals surface area (Å²) in [5, 5.41) is 3.96. The summed E-state index contributed by atoms with van der Waals surface area (Å²) in [5.41, 5.74) is 1.13. The minimum Gasteiger partial charge on any atom is -0.338 e. The van der Waals surface area contributed by atoms with Crippen LogP contribution in [0.2, 0.25) is 0 Å². The number of hydrogen-bond donors (Lipinski definition) is 0. The summed E-state index contributed by atoms with van der Waals surface area (Å²) in [7, 11) is -1.73. The lowest BCUT2D eigenvalue weighted by Gasteiger charge is -2.38. The normalized spacial score (nSPS) is 19.9. The Morgan fingerprint density at radius 1 is 1.16 bits per heavy atom. The molecule has 0 atom stereocenters. The molecule has 0 unspecified atom stereocenters. The molecule has 0 amide bonds. The highest BCUT2D eigenvalue weighted by Crippen LogP contribution is 2.25. The highest BCUT2D eigenvalue weighted by atomic mass is 32.2. The molecule has 1 aliphatic heterocycles. The number of halogens is 1. The topological polar surface area (TPSA) is 82.8 Å². The van der Waals surface area contributed by atoms with Crippen molar-refractivity contribution in [3.05, 3.63) is 35.5 Å². The summed E-state index contributed by atoms with van der Waals surface area (Å²) in [6.07, 6.45) is 5.28. The molecule has 4 rings (SSSR count). The van der Waals surface area contributed by atoms with E-state index in [2.05, 4.69) is 15.0 Å². The molecule has 8 nitrogen and oxygen atoms in total. The molecule has 1 saturated carbocycles. The van der Waals surface area contributed by atoms with E-state index in [4.69, 9.17) is 4.52 Å². The largest absolute Gasteiger partial charge is 0.338 e. The van der Waals surface area contributed by atoms with Crippen molar-refractivity contribution in [1.82, 2.24) is 23.7 Å². The summed E-state index contributed by atoms with van der Waals surface area (Å²) in [6.45, 7) is 4.19. The van der Waals surface area contributed by atoms with Gasteiger partial charge in [-0.2, -0.15) is 22.0 Å². The Morgan fingerprint density at radius 2 is 1.87 bits per heavy atom. The molecule has 2 fully saturated rings. The number of piperazine rings is 1. The molecule has 10 heteroatoms. The van der Waals surface area contributed by atoms with Crippen LogP contribution in [-0.4, -0.2) is 71.3 Å². The van der Waals surface area contributed by atoms with Gasteiger partial charge in [0, 0.05) is 44.8 Å². The molecule has 2 heterocycles. The van der Waals surface area contributed by atoms with Gasteiger partial charge in [0.05, 0.1) is 6.54 Å². The Morgan fingerprint density at radius 3 is 2.55 bits per heavy atom. The van der Waals surface area contributed by atoms with E-state index < -0.39 is 10.2 Å². The van der Waals surface area contributed by atoms with E-state index >= 15 is 0 Å². The average molecular weight is 452 g/mol. The molecule has 0 N–H and O–H groups in total. The molecule has 0 bridgehead atoms. The molecule has 170 valence electrons. The zero-order chi connectivity index (χ0) is 22.0. The number of benzene rings is 1. The molecule has 1 saturated heterocycles. The molecule has 31 heavy (non-hydrogen) atoms. The monoisotopic (exact) mass is 451 g/mol. The van der Waals surface area contributed by atoms with Crippen LogP contribution in [0.4, 0.5) is 4.39 Å². The second-order valence-corrected chi connectivity index (χ2v) is 10.5. The Bertz CT molecular complexity index is 998. The predicted molar refractivity (Wildman–Crippen MR) is 115 cm³/mol. The molecule has 2 aliphatic rings. The predicted octanol–water partition coefficient (Wildman–Crippen LogP) is 2.81. The Labute approximate surface area is 183 Å². The SMILES string of the molecule is Cc1ccc(-c2noc(CN3CCN(S(=O)(=O)N(C)C4CCCCC4)CC3)n2)cc1F. The minimum atomic E-state index is -3.44. The summed E-state index contributed by atoms with van der Waals surface area (Å²) in [4.78, 5) is 6.47. The maximum absolute atomic E-state index is 13.8. The van der Waals surface area contributed by atoms with E-state index in [0.717, 1.165) is 25.7 Å². The number of nitrogens with zero attached hydrogens (tertiary/aromatic N) is 5. The Hall–Kier alpha value is -1.88. The molecule has 0 radical (unpaired) electrons. The molecule has 1 aromatic carbocycles. The maximum Gasteiger partial charge on any atom is 0.282 e. The molecule has 2 aromatic rings. The van der Waals surface area contributed by atoms with Crippen molar-refractivity contribution in [3.63, 3.8) is 0 Å². The summed E-state index contributed by atoms with van der Waals surface area (Å²) in [6, 6.07) is 4.96. The second kappa shape index (κ2) is 9.32. The van der Waals surface area contributed by atoms with Crippen LogP contribution < -0.4 is 0 Å². The lowest BCUT2D eigenvalue weighted by atomic mass is 9.96. The molecule has 1 aromatic heterocycles. The zero-order valence-corrected chi connectivity index (χ0v) is 18.9. The standard InChI is InChI=1S/C21H30FN5O3S/c1-16-8-9-17(14-19(16)22)21-23-20(30-24-21)15-26-10-12-27(13-11-26)31(28,29)25(2)18-6-4-3-5-7-18/h8-9,14,18H,3-7,10-13,15H2,1-2H3. The van der Waals surface area contributed by atoms with Crippen LogP contribution in [0.3, 0.4) is 0 Å². The number of rotatable bonds is 6. The van der Waals surface area contributed by atoms with Gasteiger partial charge in [0.15, 0.2) is 0 Å². The first-order chi connectivity index (χ1) is 14.8. The van der Waals surface area contributed by atoms with Crippen LogP contribution in [0.1, 0.15) is 43.6 Å². The van der Waals surface area contributed by atoms with Gasteiger partial charge in [0.2, 0.25) is 11.7 Å². The first-order valence-corrected chi connectivity index (χ1v) is 12.3. The maximum atomic E-state index is 13.8. The Kier molecular flexibility index (Phi) is 6.71. The van der Waals surface area contributed by atoms with Gasteiger partial charge in [-0.15, -0.1) is 0 Å². The van der Waals surface area contributed by atoms with Crippen molar-refractivity contribution in [1.29, 1.82) is 0 Å². The quantitative estimate of drug-likeness (QED) is 0.672. The zero-order valence-electron chi connectivity index (χ0n) is 18.1. The number of aryl methyl sites for hydroxylation is 1. The van der Waals surface area contributed by atoms with Crippen LogP contribution >= 0.6 is 0 Å². The van der Waals surface area contributed by atoms with E-state index in [1.54, 1.807) is 34.7 Å². The van der Waals surface area contributed by atoms with E-state index in [1.807, 2.05) is 0 Å². The van der Waals surface area contributed by atoms with Crippen molar-refractivity contribution in [3.8, 4) is 11.4 Å². The summed E-state index contributed by atoms with van der Waals surface area (Å²) < 4.78 is 48.3. The van der Waals surface area contributed by atoms with Crippen molar-refractivity contribution in [2.75, 3.05) is 33.2 Å². The van der Waals surface area contributed by atoms with Crippen LogP contribution in [0.15, 0.2) is 22.7 Å². The van der Waals surface area contributed by atoms with E-state index in [9.17, 15) is 12.8 Å². The third-order valence-electron chi connectivity index (χ3n) is 6.37. The van der Waals surface area contributed by atoms with Gasteiger partial charge in [-0.25, -0.2) is 4.39 Å². The number of hydrogen-bond acceptors (Lipinski definition) is 6. The highest BCUT2D eigenvalue weighted by Gasteiger charge is 2.34. The van der Waals surface area contributed by atoms with Gasteiger partial charge in [0.25, 0.3) is 10.2 Å². The van der Waals surface area contributed by atoms with E-state index in [-0.39, 0.29) is 11.9 Å². The van der Waals surface area contributed by atoms with Crippen LogP contribution in [0, 0.1) is 12.7 Å². The van der Waals surface area contributed by atoms with E-state index in [1.165, 1.54) is 12.5 Å². The van der Waals surface area contributed by atoms with Crippen LogP contribution in [0.5, 0.6) is 0 Å². The Balaban J connectivity index is 1.33. The fourth-order valence-electron chi connectivity index (χ4n) is 4.29. The average Bonchev–Trinajstić information content (AvgIpc) is 3.24. The molecule has 1 aliphatic carbocycles. The van der Waals surface area contributed by atoms with Crippen molar-refractivity contribution < 1.29 is 17.3 Å². The third-order valence-corrected chi connectivity index (χ3v) is 8.41. The molecular formula is C21H30FN5O3S. The van der Waals surface area contributed by atoms with Crippen molar-refractivity contribution in [2.45, 2.75) is 51.6 Å². The van der Waals surface area contributed by atoms with Gasteiger partial charge < -0.3 is 4.52 Å². The summed E-state index contributed by atoms with van der Waals surface area (Å²) >= 11 is 0. The highest BCUT2D eigenvalue weighted by molar-refractivity contribution is 7.86. The summed E-state index contributed by atoms with van der Waals surface area (Å²) in [5.74, 6) is 0.482. The van der Waals surface area contributed by atoms with Crippen LogP contribution in [0.25, 0.3) is 11.4 Å². The number of aromatic nitrogens is 2. The van der Waals surface area contributed by atoms with Gasteiger partial charge in [-0.3, -0.25) is 4.90 Å². The van der Waals surface area contributed by atoms with Crippen molar-refractivity contribution in [2.24, 2.45) is 0 Å². The van der Waals surface area contributed by atoms with Gasteiger partial charge >= 0.3 is 0 Å². The first-order valence-electron chi connectivity index (χ1n) is 10.9. The van der Waals surface area contributed by atoms with Gasteiger partial charge in [-0.1, -0.05) is 36.6 Å². The second-order valence-electron chi connectivity index (χ2n) is 8.47. The fourth-order valence-corrected chi connectivity index (χ4v) is 5.87. The molecule has 0 spiro atoms. The van der Waals surface area contributed by atoms with Crippen molar-refractivity contribution >= 4 is 10.2 Å². The first kappa shape index (κ1) is 22.3. The van der Waals surface area contributed by atoms with Crippen LogP contribution in [-0.2, 0) is 16.8 Å². The lowest BCUT2D eigenvalue weighted by molar-refractivity contribution is 0.155. The third kappa shape index (κ3) is 4.97. The minimum absolute atomic E-state index is 0.111. The molecular weight excluding hydrogens is 421 g/mol. The van der Waals surface area contributed by atoms with E-state index in [0.29, 0.717) is 55.6 Å². The smallest absolute Gasteiger partial charge is 0.282 e. The fraction of sp³-hybridized carbons (Fsp3) is 0.619. The van der Waals surface area contributed by atoms with Gasteiger partial charge in [-0.05, 0) is 31.4 Å². The van der Waals surface area contributed by atoms with Gasteiger partial charge in [0.1, 0.15) is 5.82 Å².